The molecule has 1 rings (SSSR count). The molecule has 0 bridgehead atoms. The van der Waals surface area contributed by atoms with Gasteiger partial charge in [0, 0.05) is 12.2 Å². The van der Waals surface area contributed by atoms with Crippen LogP contribution in [0.15, 0.2) is 29.5 Å². The molecule has 0 saturated heterocycles. The van der Waals surface area contributed by atoms with Crippen LogP contribution in [0.2, 0.25) is 0 Å². The van der Waals surface area contributed by atoms with Gasteiger partial charge in [0.1, 0.15) is 11.4 Å². The number of nitroso groups, excluding NO2 is 1. The molecule has 1 aromatic carbocycles. The minimum absolute atomic E-state index is 0.101. The summed E-state index contributed by atoms with van der Waals surface area (Å²) in [5, 5.41) is 20.6. The van der Waals surface area contributed by atoms with Crippen molar-refractivity contribution in [3.05, 3.63) is 34.7 Å². The number of aliphatic hydroxyl groups is 1. The molecule has 80 valence electrons. The minimum Gasteiger partial charge on any atom is -0.508 e. The second-order valence-corrected chi connectivity index (χ2v) is 3.10. The van der Waals surface area contributed by atoms with Crippen molar-refractivity contribution in [1.82, 2.24) is 0 Å². The van der Waals surface area contributed by atoms with E-state index in [1.165, 1.54) is 18.2 Å². The Balaban J connectivity index is 2.78. The summed E-state index contributed by atoms with van der Waals surface area (Å²) in [5.74, 6) is 0.101. The first kappa shape index (κ1) is 11.4. The largest absolute Gasteiger partial charge is 0.508 e. The second kappa shape index (κ2) is 5.93. The van der Waals surface area contributed by atoms with Crippen molar-refractivity contribution in [3.63, 3.8) is 0 Å². The first-order valence-electron chi connectivity index (χ1n) is 4.71. The number of rotatable bonds is 5. The molecule has 1 aromatic rings. The number of hydrogen-bond acceptors (Lipinski definition) is 4. The number of allylic oxidation sites excluding steroid dienone is 1. The normalized spacial score (nSPS) is 10.7. The van der Waals surface area contributed by atoms with E-state index in [9.17, 15) is 10.0 Å². The molecule has 0 fully saturated rings. The number of aromatic hydroxyl groups is 1. The molecule has 0 amide bonds. The maximum atomic E-state index is 10.4. The summed E-state index contributed by atoms with van der Waals surface area (Å²) in [6.45, 7) is 0.142. The van der Waals surface area contributed by atoms with Crippen molar-refractivity contribution < 1.29 is 10.2 Å². The third-order valence-corrected chi connectivity index (χ3v) is 1.94. The van der Waals surface area contributed by atoms with Crippen LogP contribution in [0.25, 0.3) is 6.08 Å². The van der Waals surface area contributed by atoms with Crippen LogP contribution >= 0.6 is 0 Å². The van der Waals surface area contributed by atoms with Gasteiger partial charge in [-0.1, -0.05) is 12.2 Å². The lowest BCUT2D eigenvalue weighted by molar-refractivity contribution is 0.290. The molecule has 0 unspecified atom stereocenters. The monoisotopic (exact) mass is 207 g/mol. The van der Waals surface area contributed by atoms with Crippen LogP contribution in [0.4, 0.5) is 5.69 Å². The number of aliphatic hydroxyl groups excluding tert-OH is 1. The zero-order valence-corrected chi connectivity index (χ0v) is 8.26. The van der Waals surface area contributed by atoms with Gasteiger partial charge in [-0.2, -0.15) is 0 Å². The van der Waals surface area contributed by atoms with Crippen molar-refractivity contribution in [2.24, 2.45) is 5.18 Å². The summed E-state index contributed by atoms with van der Waals surface area (Å²) in [5.41, 5.74) is 0.885. The van der Waals surface area contributed by atoms with E-state index in [0.717, 1.165) is 6.42 Å². The van der Waals surface area contributed by atoms with E-state index in [1.807, 2.05) is 6.08 Å². The fraction of sp³-hybridized carbons (Fsp3) is 0.273. The van der Waals surface area contributed by atoms with Crippen molar-refractivity contribution >= 4 is 11.8 Å². The quantitative estimate of drug-likeness (QED) is 0.575. The maximum Gasteiger partial charge on any atom is 0.116 e. The molecule has 0 atom stereocenters. The molecular formula is C11H13NO3. The average Bonchev–Trinajstić information content (AvgIpc) is 2.25. The smallest absolute Gasteiger partial charge is 0.116 e. The van der Waals surface area contributed by atoms with E-state index in [4.69, 9.17) is 5.11 Å². The highest BCUT2D eigenvalue weighted by molar-refractivity contribution is 5.65. The fourth-order valence-corrected chi connectivity index (χ4v) is 1.18. The van der Waals surface area contributed by atoms with Crippen molar-refractivity contribution in [3.8, 4) is 5.75 Å². The van der Waals surface area contributed by atoms with E-state index in [0.29, 0.717) is 17.7 Å². The van der Waals surface area contributed by atoms with Crippen LogP contribution in [0.1, 0.15) is 18.4 Å². The molecule has 2 N–H and O–H groups in total. The Kier molecular flexibility index (Phi) is 4.50. The summed E-state index contributed by atoms with van der Waals surface area (Å²) < 4.78 is 0. The van der Waals surface area contributed by atoms with Gasteiger partial charge >= 0.3 is 0 Å². The van der Waals surface area contributed by atoms with Crippen LogP contribution in [0.5, 0.6) is 5.75 Å². The fourth-order valence-electron chi connectivity index (χ4n) is 1.18. The molecule has 0 aliphatic rings. The van der Waals surface area contributed by atoms with Gasteiger partial charge in [-0.15, -0.1) is 4.91 Å². The van der Waals surface area contributed by atoms with E-state index in [-0.39, 0.29) is 12.4 Å². The van der Waals surface area contributed by atoms with E-state index in [2.05, 4.69) is 5.18 Å². The van der Waals surface area contributed by atoms with Gasteiger partial charge in [0.25, 0.3) is 0 Å². The molecule has 4 nitrogen and oxygen atoms in total. The Morgan fingerprint density at radius 1 is 1.40 bits per heavy atom. The summed E-state index contributed by atoms with van der Waals surface area (Å²) in [7, 11) is 0. The number of nitrogens with zero attached hydrogens (tertiary/aromatic N) is 1. The van der Waals surface area contributed by atoms with Crippen LogP contribution in [0.3, 0.4) is 0 Å². The summed E-state index contributed by atoms with van der Waals surface area (Å²) in [6, 6.07) is 4.36. The Labute approximate surface area is 87.8 Å². The zero-order chi connectivity index (χ0) is 11.1. The number of unbranched alkanes of at least 4 members (excludes halogenated alkanes) is 1. The molecule has 0 aromatic heterocycles. The molecule has 0 aliphatic carbocycles. The molecular weight excluding hydrogens is 194 g/mol. The lowest BCUT2D eigenvalue weighted by Crippen LogP contribution is -1.79. The number of phenolic OH excluding ortho intramolecular Hbond substituents is 1. The van der Waals surface area contributed by atoms with Gasteiger partial charge in [-0.25, -0.2) is 0 Å². The van der Waals surface area contributed by atoms with Gasteiger partial charge in [0.05, 0.1) is 0 Å². The van der Waals surface area contributed by atoms with E-state index < -0.39 is 0 Å². The maximum absolute atomic E-state index is 10.4. The molecule has 15 heavy (non-hydrogen) atoms. The van der Waals surface area contributed by atoms with E-state index >= 15 is 0 Å². The average molecular weight is 207 g/mol. The number of phenols is 1. The molecule has 0 aliphatic heterocycles. The predicted molar refractivity (Wildman–Crippen MR) is 58.9 cm³/mol. The Hall–Kier alpha value is -1.68. The zero-order valence-electron chi connectivity index (χ0n) is 8.26. The molecule has 0 heterocycles. The van der Waals surface area contributed by atoms with Crippen LogP contribution in [0, 0.1) is 4.91 Å². The third kappa shape index (κ3) is 3.52. The Morgan fingerprint density at radius 2 is 2.20 bits per heavy atom. The molecule has 0 saturated carbocycles. The first-order valence-corrected chi connectivity index (χ1v) is 4.71. The lowest BCUT2D eigenvalue weighted by Gasteiger charge is -1.98. The highest BCUT2D eigenvalue weighted by Gasteiger charge is 2.00. The standard InChI is InChI=1S/C11H13NO3/c13-7-3-1-2-4-9-8-10(14)5-6-11(9)12-15/h2,4-6,8,13-14H,1,3,7H2/b4-2+. The highest BCUT2D eigenvalue weighted by Crippen LogP contribution is 2.24. The summed E-state index contributed by atoms with van der Waals surface area (Å²) in [6.07, 6.45) is 4.95. The van der Waals surface area contributed by atoms with Crippen LogP contribution < -0.4 is 0 Å². The van der Waals surface area contributed by atoms with Gasteiger partial charge in [-0.05, 0) is 36.2 Å². The molecule has 0 spiro atoms. The van der Waals surface area contributed by atoms with Crippen molar-refractivity contribution in [1.29, 1.82) is 0 Å². The third-order valence-electron chi connectivity index (χ3n) is 1.94. The number of hydrogen-bond donors (Lipinski definition) is 2. The lowest BCUT2D eigenvalue weighted by atomic mass is 10.1. The Bertz CT molecular complexity index is 361. The van der Waals surface area contributed by atoms with Gasteiger partial charge in [0.15, 0.2) is 0 Å². The molecule has 4 heteroatoms. The van der Waals surface area contributed by atoms with Crippen molar-refractivity contribution in [2.75, 3.05) is 6.61 Å². The summed E-state index contributed by atoms with van der Waals surface area (Å²) in [4.78, 5) is 10.4. The van der Waals surface area contributed by atoms with Gasteiger partial charge < -0.3 is 10.2 Å². The van der Waals surface area contributed by atoms with E-state index in [1.54, 1.807) is 6.08 Å². The topological polar surface area (TPSA) is 69.9 Å². The Morgan fingerprint density at radius 3 is 2.87 bits per heavy atom. The minimum atomic E-state index is 0.101. The van der Waals surface area contributed by atoms with Gasteiger partial charge in [0.2, 0.25) is 0 Å². The second-order valence-electron chi connectivity index (χ2n) is 3.10. The first-order chi connectivity index (χ1) is 7.27. The van der Waals surface area contributed by atoms with Crippen LogP contribution in [-0.2, 0) is 0 Å². The molecule has 0 radical (unpaired) electrons. The van der Waals surface area contributed by atoms with Crippen LogP contribution in [-0.4, -0.2) is 16.8 Å². The number of benzene rings is 1. The predicted octanol–water partition coefficient (Wildman–Crippen LogP) is 2.58. The summed E-state index contributed by atoms with van der Waals surface area (Å²) >= 11 is 0. The SMILES string of the molecule is O=Nc1ccc(O)cc1/C=C/CCCO. The highest BCUT2D eigenvalue weighted by atomic mass is 16.3. The van der Waals surface area contributed by atoms with Crippen molar-refractivity contribution in [2.45, 2.75) is 12.8 Å². The van der Waals surface area contributed by atoms with Gasteiger partial charge in [-0.3, -0.25) is 0 Å².